The third-order valence-corrected chi connectivity index (χ3v) is 5.73. The van der Waals surface area contributed by atoms with Crippen molar-refractivity contribution in [3.8, 4) is 11.4 Å². The average molecular weight is 450 g/mol. The Bertz CT molecular complexity index is 1160. The number of carbonyl (C=O) groups excluding carboxylic acids is 1. The standard InChI is InChI=1S/C23H23N5O3S/c1-17-10-11-21(30-2)20(13-17)28-23(24-25-26-28)32-16-22(29)27(15-19-9-6-12-31-19)14-18-7-4-3-5-8-18/h3-13H,14-16H2,1-2H3. The number of methoxy groups -OCH3 is 1. The number of nitrogens with zero attached hydrogens (tertiary/aromatic N) is 5. The van der Waals surface area contributed by atoms with Crippen LogP contribution in [-0.2, 0) is 17.9 Å². The first-order chi connectivity index (χ1) is 15.6. The molecule has 9 heteroatoms. The van der Waals surface area contributed by atoms with Gasteiger partial charge in [0.05, 0.1) is 25.7 Å². The summed E-state index contributed by atoms with van der Waals surface area (Å²) in [4.78, 5) is 14.9. The van der Waals surface area contributed by atoms with E-state index in [1.165, 1.54) is 11.8 Å². The Balaban J connectivity index is 1.50. The molecular formula is C23H23N5O3S. The highest BCUT2D eigenvalue weighted by Crippen LogP contribution is 2.27. The van der Waals surface area contributed by atoms with E-state index in [2.05, 4.69) is 15.5 Å². The number of ether oxygens (including phenoxy) is 1. The second kappa shape index (κ2) is 10.1. The summed E-state index contributed by atoms with van der Waals surface area (Å²) in [7, 11) is 1.60. The quantitative estimate of drug-likeness (QED) is 0.358. The molecule has 0 saturated heterocycles. The number of aromatic nitrogens is 4. The van der Waals surface area contributed by atoms with Gasteiger partial charge in [0, 0.05) is 6.54 Å². The van der Waals surface area contributed by atoms with Gasteiger partial charge in [-0.2, -0.15) is 4.68 Å². The summed E-state index contributed by atoms with van der Waals surface area (Å²) in [6.45, 7) is 2.86. The summed E-state index contributed by atoms with van der Waals surface area (Å²) in [5.41, 5.74) is 2.83. The first-order valence-electron chi connectivity index (χ1n) is 10.0. The molecule has 164 valence electrons. The molecule has 2 aromatic heterocycles. The van der Waals surface area contributed by atoms with Crippen molar-refractivity contribution in [2.24, 2.45) is 0 Å². The number of thioether (sulfide) groups is 1. The van der Waals surface area contributed by atoms with E-state index < -0.39 is 0 Å². The fourth-order valence-corrected chi connectivity index (χ4v) is 4.02. The number of carbonyl (C=O) groups is 1. The van der Waals surface area contributed by atoms with Gasteiger partial charge in [-0.25, -0.2) is 0 Å². The Kier molecular flexibility index (Phi) is 6.86. The van der Waals surface area contributed by atoms with Gasteiger partial charge in [-0.3, -0.25) is 4.79 Å². The lowest BCUT2D eigenvalue weighted by atomic mass is 10.2. The zero-order chi connectivity index (χ0) is 22.3. The van der Waals surface area contributed by atoms with Crippen LogP contribution in [0.3, 0.4) is 0 Å². The highest BCUT2D eigenvalue weighted by atomic mass is 32.2. The van der Waals surface area contributed by atoms with Crippen LogP contribution in [0.5, 0.6) is 5.75 Å². The minimum absolute atomic E-state index is 0.0407. The van der Waals surface area contributed by atoms with E-state index in [1.807, 2.05) is 67.6 Å². The van der Waals surface area contributed by atoms with Crippen molar-refractivity contribution in [2.75, 3.05) is 12.9 Å². The Hall–Kier alpha value is -3.59. The molecule has 0 aliphatic rings. The fourth-order valence-electron chi connectivity index (χ4n) is 3.23. The molecule has 2 aromatic carbocycles. The second-order valence-electron chi connectivity index (χ2n) is 7.15. The van der Waals surface area contributed by atoms with Gasteiger partial charge in [0.15, 0.2) is 0 Å². The van der Waals surface area contributed by atoms with Crippen molar-refractivity contribution < 1.29 is 13.9 Å². The Morgan fingerprint density at radius 2 is 1.97 bits per heavy atom. The normalized spacial score (nSPS) is 10.8. The minimum Gasteiger partial charge on any atom is -0.494 e. The smallest absolute Gasteiger partial charge is 0.233 e. The maximum absolute atomic E-state index is 13.2. The molecule has 8 nitrogen and oxygen atoms in total. The van der Waals surface area contributed by atoms with Crippen LogP contribution in [0, 0.1) is 6.92 Å². The van der Waals surface area contributed by atoms with Crippen LogP contribution in [-0.4, -0.2) is 43.9 Å². The predicted molar refractivity (Wildman–Crippen MR) is 121 cm³/mol. The maximum Gasteiger partial charge on any atom is 0.233 e. The van der Waals surface area contributed by atoms with Gasteiger partial charge in [-0.15, -0.1) is 5.10 Å². The average Bonchev–Trinajstić information content (AvgIpc) is 3.49. The zero-order valence-corrected chi connectivity index (χ0v) is 18.7. The number of amides is 1. The Morgan fingerprint density at radius 3 is 2.72 bits per heavy atom. The lowest BCUT2D eigenvalue weighted by molar-refractivity contribution is -0.129. The fraction of sp³-hybridized carbons (Fsp3) is 0.217. The molecule has 4 rings (SSSR count). The third kappa shape index (κ3) is 5.17. The molecule has 0 aliphatic heterocycles. The van der Waals surface area contributed by atoms with Gasteiger partial charge >= 0.3 is 0 Å². The Labute approximate surface area is 190 Å². The van der Waals surface area contributed by atoms with E-state index >= 15 is 0 Å². The maximum atomic E-state index is 13.2. The molecule has 0 saturated carbocycles. The van der Waals surface area contributed by atoms with Crippen LogP contribution in [0.15, 0.2) is 76.5 Å². The van der Waals surface area contributed by atoms with E-state index in [0.29, 0.717) is 24.0 Å². The molecule has 4 aromatic rings. The van der Waals surface area contributed by atoms with Crippen molar-refractivity contribution in [3.05, 3.63) is 83.8 Å². The number of rotatable bonds is 9. The second-order valence-corrected chi connectivity index (χ2v) is 8.09. The van der Waals surface area contributed by atoms with Crippen LogP contribution in [0.4, 0.5) is 0 Å². The molecule has 1 amide bonds. The SMILES string of the molecule is COc1ccc(C)cc1-n1nnnc1SCC(=O)N(Cc1ccccc1)Cc1ccco1. The van der Waals surface area contributed by atoms with E-state index in [-0.39, 0.29) is 11.7 Å². The highest BCUT2D eigenvalue weighted by molar-refractivity contribution is 7.99. The molecule has 0 bridgehead atoms. The number of aryl methyl sites for hydroxylation is 1. The van der Waals surface area contributed by atoms with Gasteiger partial charge in [0.1, 0.15) is 17.2 Å². The molecule has 0 aliphatic carbocycles. The molecule has 0 atom stereocenters. The first kappa shape index (κ1) is 21.6. The van der Waals surface area contributed by atoms with Crippen LogP contribution in [0.1, 0.15) is 16.9 Å². The van der Waals surface area contributed by atoms with Crippen LogP contribution < -0.4 is 4.74 Å². The summed E-state index contributed by atoms with van der Waals surface area (Å²) in [5, 5.41) is 12.5. The minimum atomic E-state index is -0.0407. The summed E-state index contributed by atoms with van der Waals surface area (Å²) in [5.74, 6) is 1.52. The largest absolute Gasteiger partial charge is 0.494 e. The summed E-state index contributed by atoms with van der Waals surface area (Å²) >= 11 is 1.28. The number of hydrogen-bond acceptors (Lipinski definition) is 7. The lowest BCUT2D eigenvalue weighted by Gasteiger charge is -2.21. The van der Waals surface area contributed by atoms with Crippen molar-refractivity contribution in [1.29, 1.82) is 0 Å². The molecule has 0 unspecified atom stereocenters. The first-order valence-corrected chi connectivity index (χ1v) is 11.0. The highest BCUT2D eigenvalue weighted by Gasteiger charge is 2.19. The molecule has 0 fully saturated rings. The number of benzene rings is 2. The Morgan fingerprint density at radius 1 is 1.12 bits per heavy atom. The predicted octanol–water partition coefficient (Wildman–Crippen LogP) is 3.89. The zero-order valence-electron chi connectivity index (χ0n) is 17.8. The number of hydrogen-bond donors (Lipinski definition) is 0. The molecule has 32 heavy (non-hydrogen) atoms. The van der Waals surface area contributed by atoms with E-state index in [1.54, 1.807) is 23.0 Å². The molecule has 0 spiro atoms. The van der Waals surface area contributed by atoms with Gasteiger partial charge < -0.3 is 14.1 Å². The summed E-state index contributed by atoms with van der Waals surface area (Å²) in [6.07, 6.45) is 1.61. The third-order valence-electron chi connectivity index (χ3n) is 4.82. The lowest BCUT2D eigenvalue weighted by Crippen LogP contribution is -2.31. The molecule has 2 heterocycles. The number of furan rings is 1. The van der Waals surface area contributed by atoms with Crippen LogP contribution >= 0.6 is 11.8 Å². The van der Waals surface area contributed by atoms with Crippen molar-refractivity contribution in [3.63, 3.8) is 0 Å². The van der Waals surface area contributed by atoms with Crippen molar-refractivity contribution in [2.45, 2.75) is 25.2 Å². The van der Waals surface area contributed by atoms with Crippen LogP contribution in [0.25, 0.3) is 5.69 Å². The van der Waals surface area contributed by atoms with E-state index in [9.17, 15) is 4.79 Å². The van der Waals surface area contributed by atoms with E-state index in [4.69, 9.17) is 9.15 Å². The van der Waals surface area contributed by atoms with Gasteiger partial charge in [-0.1, -0.05) is 48.2 Å². The van der Waals surface area contributed by atoms with Gasteiger partial charge in [-0.05, 0) is 52.7 Å². The van der Waals surface area contributed by atoms with Crippen molar-refractivity contribution >= 4 is 17.7 Å². The number of tetrazole rings is 1. The topological polar surface area (TPSA) is 86.3 Å². The van der Waals surface area contributed by atoms with Crippen molar-refractivity contribution in [1.82, 2.24) is 25.1 Å². The van der Waals surface area contributed by atoms with E-state index in [0.717, 1.165) is 22.6 Å². The van der Waals surface area contributed by atoms with Gasteiger partial charge in [0.2, 0.25) is 11.1 Å². The molecule has 0 N–H and O–H groups in total. The van der Waals surface area contributed by atoms with Crippen LogP contribution in [0.2, 0.25) is 0 Å². The monoisotopic (exact) mass is 449 g/mol. The molecule has 0 radical (unpaired) electrons. The summed E-state index contributed by atoms with van der Waals surface area (Å²) in [6, 6.07) is 19.3. The summed E-state index contributed by atoms with van der Waals surface area (Å²) < 4.78 is 12.5. The molecular weight excluding hydrogens is 426 g/mol. The van der Waals surface area contributed by atoms with Gasteiger partial charge in [0.25, 0.3) is 0 Å².